The molecule has 0 aliphatic rings. The van der Waals surface area contributed by atoms with Gasteiger partial charge in [-0.3, -0.25) is 37.3 Å². The number of hydrogen-bond donors (Lipinski definition) is 3. The second kappa shape index (κ2) is 67.5. The zero-order valence-electron chi connectivity index (χ0n) is 58.9. The highest BCUT2D eigenvalue weighted by atomic mass is 31.2. The van der Waals surface area contributed by atoms with Crippen molar-refractivity contribution in [2.24, 2.45) is 0 Å². The minimum atomic E-state index is -4.98. The fraction of sp³-hybridized carbons (Fsp3) is 0.733. The number of aliphatic hydroxyl groups excluding tert-OH is 1. The molecule has 0 saturated heterocycles. The Morgan fingerprint density at radius 1 is 0.309 bits per heavy atom. The van der Waals surface area contributed by atoms with Crippen LogP contribution in [0.2, 0.25) is 0 Å². The molecule has 0 fully saturated rings. The third-order valence-electron chi connectivity index (χ3n) is 15.0. The molecule has 0 aromatic heterocycles. The van der Waals surface area contributed by atoms with Crippen LogP contribution in [0.4, 0.5) is 0 Å². The van der Waals surface area contributed by atoms with Crippen molar-refractivity contribution in [1.82, 2.24) is 0 Å². The summed E-state index contributed by atoms with van der Waals surface area (Å²) >= 11 is 0. The minimum Gasteiger partial charge on any atom is -0.462 e. The topological polar surface area (TPSA) is 237 Å². The van der Waals surface area contributed by atoms with Gasteiger partial charge in [0.25, 0.3) is 0 Å². The van der Waals surface area contributed by atoms with Crippen molar-refractivity contribution in [3.05, 3.63) is 97.2 Å². The van der Waals surface area contributed by atoms with Crippen molar-refractivity contribution in [2.45, 2.75) is 316 Å². The maximum absolute atomic E-state index is 13.0. The average molecular weight is 1370 g/mol. The van der Waals surface area contributed by atoms with E-state index in [2.05, 4.69) is 125 Å². The predicted octanol–water partition coefficient (Wildman–Crippen LogP) is 20.4. The normalized spacial score (nSPS) is 14.6. The van der Waals surface area contributed by atoms with Crippen LogP contribution in [-0.2, 0) is 65.4 Å². The molecule has 17 nitrogen and oxygen atoms in total. The molecule has 5 atom stereocenters. The van der Waals surface area contributed by atoms with Crippen molar-refractivity contribution in [1.29, 1.82) is 0 Å². The van der Waals surface area contributed by atoms with Crippen molar-refractivity contribution in [3.8, 4) is 0 Å². The summed E-state index contributed by atoms with van der Waals surface area (Å²) in [6.07, 6.45) is 68.4. The standard InChI is InChI=1S/C75H130O17P2/c1-5-9-13-17-21-25-29-32-34-37-40-43-47-51-55-59-72(77)85-65-70(91-74(79)61-57-53-49-45-39-28-24-20-16-12-8-4)67-89-93(81,82)87-63-69(76)64-88-94(83,84)90-68-71(92-75(80)62-58-54-50-46-42-36-31-27-23-19-15-11-7-3)66-86-73(78)60-56-52-48-44-41-38-35-33-30-26-22-18-14-10-6-2/h9-10,13-15,19,21-22,25-27,31-35,69-71,76H,5-8,11-12,16-18,20,23-24,28-30,36-68H2,1-4H3,(H,81,82)(H,83,84)/b13-9-,14-10-,19-15-,25-21-,26-22-,31-27-,34-32-,35-33-. The van der Waals surface area contributed by atoms with Crippen LogP contribution in [0.25, 0.3) is 0 Å². The van der Waals surface area contributed by atoms with Gasteiger partial charge in [-0.05, 0) is 116 Å². The Bertz CT molecular complexity index is 2170. The zero-order chi connectivity index (χ0) is 69.0. The van der Waals surface area contributed by atoms with Gasteiger partial charge in [0.15, 0.2) is 12.2 Å². The minimum absolute atomic E-state index is 0.0746. The van der Waals surface area contributed by atoms with E-state index in [9.17, 15) is 43.2 Å². The van der Waals surface area contributed by atoms with Crippen molar-refractivity contribution in [3.63, 3.8) is 0 Å². The van der Waals surface area contributed by atoms with Crippen LogP contribution >= 0.6 is 15.6 Å². The SMILES string of the molecule is CC/C=C\C/C=C\C/C=C\CCCCCCCC(=O)OCC(COP(=O)(O)OCC(O)COP(=O)(O)OCC(COC(=O)CCCCCCC/C=C\C/C=C\C/C=C\CC)OC(=O)CCCCCCCCCCCCC)OC(=O)CCCCCCC/C=C\C/C=C\CCC. The lowest BCUT2D eigenvalue weighted by Gasteiger charge is -2.21. The number of carbonyl (C=O) groups is 4. The van der Waals surface area contributed by atoms with E-state index >= 15 is 0 Å². The van der Waals surface area contributed by atoms with Gasteiger partial charge in [0.1, 0.15) is 19.3 Å². The van der Waals surface area contributed by atoms with Gasteiger partial charge in [-0.25, -0.2) is 9.13 Å². The molecule has 19 heteroatoms. The average Bonchev–Trinajstić information content (AvgIpc) is 1.55. The molecule has 0 aliphatic carbocycles. The Balaban J connectivity index is 5.34. The fourth-order valence-corrected chi connectivity index (χ4v) is 11.1. The van der Waals surface area contributed by atoms with Crippen molar-refractivity contribution < 1.29 is 80.2 Å². The van der Waals surface area contributed by atoms with Gasteiger partial charge in [-0.2, -0.15) is 0 Å². The molecule has 0 aromatic carbocycles. The predicted molar refractivity (Wildman–Crippen MR) is 381 cm³/mol. The number of allylic oxidation sites excluding steroid dienone is 16. The van der Waals surface area contributed by atoms with E-state index in [0.29, 0.717) is 25.7 Å². The number of hydrogen-bond acceptors (Lipinski definition) is 15. The van der Waals surface area contributed by atoms with Crippen LogP contribution in [0.15, 0.2) is 97.2 Å². The third kappa shape index (κ3) is 66.6. The highest BCUT2D eigenvalue weighted by Gasteiger charge is 2.30. The van der Waals surface area contributed by atoms with Gasteiger partial charge in [-0.15, -0.1) is 0 Å². The summed E-state index contributed by atoms with van der Waals surface area (Å²) < 4.78 is 68.3. The van der Waals surface area contributed by atoms with Crippen LogP contribution in [0, 0.1) is 0 Å². The molecule has 94 heavy (non-hydrogen) atoms. The van der Waals surface area contributed by atoms with Crippen molar-refractivity contribution >= 4 is 39.5 Å². The molecule has 0 bridgehead atoms. The molecule has 3 N–H and O–H groups in total. The summed E-state index contributed by atoms with van der Waals surface area (Å²) in [6, 6.07) is 0. The van der Waals surface area contributed by atoms with Crippen LogP contribution < -0.4 is 0 Å². The first kappa shape index (κ1) is 90.0. The maximum atomic E-state index is 13.0. The summed E-state index contributed by atoms with van der Waals surface area (Å²) in [5.41, 5.74) is 0. The first-order valence-corrected chi connectivity index (χ1v) is 39.5. The molecule has 542 valence electrons. The third-order valence-corrected chi connectivity index (χ3v) is 16.9. The fourth-order valence-electron chi connectivity index (χ4n) is 9.52. The number of ether oxygens (including phenoxy) is 4. The second-order valence-corrected chi connectivity index (χ2v) is 27.0. The molecule has 0 spiro atoms. The highest BCUT2D eigenvalue weighted by molar-refractivity contribution is 7.47. The van der Waals surface area contributed by atoms with Crippen LogP contribution in [0.3, 0.4) is 0 Å². The molecule has 0 heterocycles. The molecule has 0 aliphatic heterocycles. The summed E-state index contributed by atoms with van der Waals surface area (Å²) in [5, 5.41) is 10.6. The first-order valence-electron chi connectivity index (χ1n) is 36.5. The Labute approximate surface area is 569 Å². The number of aliphatic hydroxyl groups is 1. The lowest BCUT2D eigenvalue weighted by atomic mass is 10.1. The van der Waals surface area contributed by atoms with E-state index in [-0.39, 0.29) is 25.7 Å². The highest BCUT2D eigenvalue weighted by Crippen LogP contribution is 2.45. The smallest absolute Gasteiger partial charge is 0.462 e. The number of unbranched alkanes of at least 4 members (excludes halogenated alkanes) is 26. The number of phosphoric acid groups is 2. The number of carbonyl (C=O) groups excluding carboxylic acids is 4. The van der Waals surface area contributed by atoms with E-state index in [0.717, 1.165) is 180 Å². The quantitative estimate of drug-likeness (QED) is 0.0169. The molecular weight excluding hydrogens is 1230 g/mol. The lowest BCUT2D eigenvalue weighted by Crippen LogP contribution is -2.30. The summed E-state index contributed by atoms with van der Waals surface area (Å²) in [6.45, 7) is 4.52. The zero-order valence-corrected chi connectivity index (χ0v) is 60.7. The van der Waals surface area contributed by atoms with Gasteiger partial charge >= 0.3 is 39.5 Å². The summed E-state index contributed by atoms with van der Waals surface area (Å²) in [4.78, 5) is 72.7. The van der Waals surface area contributed by atoms with Crippen LogP contribution in [0.5, 0.6) is 0 Å². The summed E-state index contributed by atoms with van der Waals surface area (Å²) in [5.74, 6) is -2.22. The van der Waals surface area contributed by atoms with E-state index in [1.54, 1.807) is 0 Å². The molecule has 0 saturated carbocycles. The van der Waals surface area contributed by atoms with E-state index in [1.807, 2.05) is 0 Å². The van der Waals surface area contributed by atoms with Gasteiger partial charge in [0.05, 0.1) is 26.4 Å². The molecule has 0 aromatic rings. The largest absolute Gasteiger partial charge is 0.472 e. The first-order chi connectivity index (χ1) is 45.7. The van der Waals surface area contributed by atoms with E-state index in [4.69, 9.17) is 37.0 Å². The molecule has 0 rings (SSSR count). The molecular formula is C75H130O17P2. The Morgan fingerprint density at radius 2 is 0.574 bits per heavy atom. The number of rotatable bonds is 68. The Kier molecular flexibility index (Phi) is 64.7. The maximum Gasteiger partial charge on any atom is 0.472 e. The molecule has 0 amide bonds. The number of phosphoric ester groups is 2. The van der Waals surface area contributed by atoms with Gasteiger partial charge in [0, 0.05) is 25.7 Å². The second-order valence-electron chi connectivity index (χ2n) is 24.1. The Morgan fingerprint density at radius 3 is 0.894 bits per heavy atom. The molecule has 5 unspecified atom stereocenters. The summed E-state index contributed by atoms with van der Waals surface area (Å²) in [7, 11) is -9.95. The number of esters is 4. The van der Waals surface area contributed by atoms with E-state index in [1.165, 1.54) is 38.5 Å². The van der Waals surface area contributed by atoms with Gasteiger partial charge < -0.3 is 33.8 Å². The molecule has 0 radical (unpaired) electrons. The monoisotopic (exact) mass is 1360 g/mol. The van der Waals surface area contributed by atoms with Gasteiger partial charge in [-0.1, -0.05) is 253 Å². The van der Waals surface area contributed by atoms with Gasteiger partial charge in [0.2, 0.25) is 0 Å². The van der Waals surface area contributed by atoms with Crippen LogP contribution in [0.1, 0.15) is 297 Å². The van der Waals surface area contributed by atoms with Crippen molar-refractivity contribution in [2.75, 3.05) is 39.6 Å². The van der Waals surface area contributed by atoms with E-state index < -0.39 is 97.5 Å². The Hall–Kier alpha value is -4.02. The lowest BCUT2D eigenvalue weighted by molar-refractivity contribution is -0.161. The van der Waals surface area contributed by atoms with Crippen LogP contribution in [-0.4, -0.2) is 96.7 Å².